The van der Waals surface area contributed by atoms with E-state index in [2.05, 4.69) is 16.9 Å². The van der Waals surface area contributed by atoms with E-state index in [4.69, 9.17) is 4.74 Å². The van der Waals surface area contributed by atoms with Gasteiger partial charge in [0, 0.05) is 18.0 Å². The zero-order chi connectivity index (χ0) is 12.7. The van der Waals surface area contributed by atoms with Crippen LogP contribution in [0.25, 0.3) is 0 Å². The van der Waals surface area contributed by atoms with E-state index in [0.717, 1.165) is 0 Å². The van der Waals surface area contributed by atoms with Gasteiger partial charge in [-0.15, -0.1) is 0 Å². The number of carbonyl (C=O) groups is 2. The smallest absolute Gasteiger partial charge is 0.333 e. The van der Waals surface area contributed by atoms with Crippen LogP contribution in [0, 0.1) is 0 Å². The molecule has 0 spiro atoms. The number of nitrogens with one attached hydrogen (secondary N) is 1. The molecule has 1 aromatic rings. The van der Waals surface area contributed by atoms with Gasteiger partial charge in [0.2, 0.25) is 0 Å². The van der Waals surface area contributed by atoms with Crippen molar-refractivity contribution in [2.45, 2.75) is 6.92 Å². The van der Waals surface area contributed by atoms with Crippen molar-refractivity contribution in [3.8, 4) is 0 Å². The first kappa shape index (κ1) is 12.9. The molecule has 0 aliphatic carbocycles. The first-order valence-electron chi connectivity index (χ1n) is 5.12. The molecule has 0 saturated heterocycles. The van der Waals surface area contributed by atoms with Crippen LogP contribution in [0.3, 0.4) is 0 Å². The Morgan fingerprint density at radius 1 is 1.53 bits per heavy atom. The lowest BCUT2D eigenvalue weighted by Crippen LogP contribution is -2.28. The average molecular weight is 234 g/mol. The monoisotopic (exact) mass is 234 g/mol. The summed E-state index contributed by atoms with van der Waals surface area (Å²) in [7, 11) is 0. The Labute approximate surface area is 99.5 Å². The largest absolute Gasteiger partial charge is 0.460 e. The molecular weight excluding hydrogens is 220 g/mol. The summed E-state index contributed by atoms with van der Waals surface area (Å²) >= 11 is 0. The van der Waals surface area contributed by atoms with Crippen molar-refractivity contribution in [1.82, 2.24) is 10.3 Å². The quantitative estimate of drug-likeness (QED) is 0.467. The molecule has 1 amide bonds. The van der Waals surface area contributed by atoms with Gasteiger partial charge in [-0.05, 0) is 19.1 Å². The van der Waals surface area contributed by atoms with Gasteiger partial charge in [-0.3, -0.25) is 9.78 Å². The summed E-state index contributed by atoms with van der Waals surface area (Å²) < 4.78 is 4.82. The number of carbonyl (C=O) groups excluding carboxylic acids is 2. The van der Waals surface area contributed by atoms with Crippen LogP contribution >= 0.6 is 0 Å². The number of esters is 1. The van der Waals surface area contributed by atoms with Crippen LogP contribution in [0.15, 0.2) is 36.7 Å². The van der Waals surface area contributed by atoms with E-state index in [0.29, 0.717) is 11.1 Å². The van der Waals surface area contributed by atoms with E-state index >= 15 is 0 Å². The highest BCUT2D eigenvalue weighted by atomic mass is 16.5. The molecule has 0 bridgehead atoms. The first-order valence-corrected chi connectivity index (χ1v) is 5.12. The molecule has 0 radical (unpaired) electrons. The molecule has 0 aromatic carbocycles. The van der Waals surface area contributed by atoms with Crippen LogP contribution in [0.2, 0.25) is 0 Å². The molecule has 1 rings (SSSR count). The Morgan fingerprint density at radius 2 is 2.29 bits per heavy atom. The number of amides is 1. The fraction of sp³-hybridized carbons (Fsp3) is 0.250. The van der Waals surface area contributed by atoms with Crippen molar-refractivity contribution in [3.63, 3.8) is 0 Å². The van der Waals surface area contributed by atoms with E-state index in [1.807, 2.05) is 0 Å². The maximum atomic E-state index is 11.5. The molecule has 1 aromatic heterocycles. The number of hydrogen-bond donors (Lipinski definition) is 1. The van der Waals surface area contributed by atoms with E-state index in [1.54, 1.807) is 25.3 Å². The highest BCUT2D eigenvalue weighted by Gasteiger charge is 2.05. The predicted molar refractivity (Wildman–Crippen MR) is 62.3 cm³/mol. The minimum absolute atomic E-state index is 0.123. The maximum absolute atomic E-state index is 11.5. The van der Waals surface area contributed by atoms with Gasteiger partial charge in [0.1, 0.15) is 6.61 Å². The van der Waals surface area contributed by atoms with Crippen molar-refractivity contribution in [2.24, 2.45) is 0 Å². The van der Waals surface area contributed by atoms with Crippen LogP contribution in [0.1, 0.15) is 17.3 Å². The number of ether oxygens (including phenoxy) is 1. The van der Waals surface area contributed by atoms with Crippen molar-refractivity contribution in [1.29, 1.82) is 0 Å². The number of pyridine rings is 1. The van der Waals surface area contributed by atoms with Crippen LogP contribution < -0.4 is 5.32 Å². The van der Waals surface area contributed by atoms with Gasteiger partial charge >= 0.3 is 5.97 Å². The molecule has 5 nitrogen and oxygen atoms in total. The van der Waals surface area contributed by atoms with Gasteiger partial charge < -0.3 is 10.1 Å². The second-order valence-electron chi connectivity index (χ2n) is 3.41. The molecule has 1 heterocycles. The zero-order valence-corrected chi connectivity index (χ0v) is 9.60. The van der Waals surface area contributed by atoms with Crippen molar-refractivity contribution in [2.75, 3.05) is 13.2 Å². The minimum Gasteiger partial charge on any atom is -0.460 e. The number of hydrogen-bond acceptors (Lipinski definition) is 4. The fourth-order valence-electron chi connectivity index (χ4n) is 1.03. The maximum Gasteiger partial charge on any atom is 0.333 e. The second-order valence-corrected chi connectivity index (χ2v) is 3.41. The Morgan fingerprint density at radius 3 is 2.88 bits per heavy atom. The summed E-state index contributed by atoms with van der Waals surface area (Å²) in [6.45, 7) is 5.39. The average Bonchev–Trinajstić information content (AvgIpc) is 2.35. The molecule has 0 aliphatic rings. The standard InChI is InChI=1S/C12H14N2O3/c1-9(2)12(16)17-7-6-14-11(15)10-4-3-5-13-8-10/h3-5,8H,1,6-7H2,2H3,(H,14,15). The molecule has 0 fully saturated rings. The topological polar surface area (TPSA) is 68.3 Å². The van der Waals surface area contributed by atoms with Crippen molar-refractivity contribution in [3.05, 3.63) is 42.2 Å². The van der Waals surface area contributed by atoms with E-state index < -0.39 is 5.97 Å². The zero-order valence-electron chi connectivity index (χ0n) is 9.60. The van der Waals surface area contributed by atoms with Crippen molar-refractivity contribution >= 4 is 11.9 Å². The number of rotatable bonds is 5. The van der Waals surface area contributed by atoms with Crippen LogP contribution in [0.5, 0.6) is 0 Å². The molecule has 1 N–H and O–H groups in total. The van der Waals surface area contributed by atoms with Gasteiger partial charge in [0.15, 0.2) is 0 Å². The molecule has 0 aliphatic heterocycles. The third-order valence-electron chi connectivity index (χ3n) is 1.89. The minimum atomic E-state index is -0.458. The summed E-state index contributed by atoms with van der Waals surface area (Å²) in [6.07, 6.45) is 3.06. The van der Waals surface area contributed by atoms with Gasteiger partial charge in [-0.25, -0.2) is 4.79 Å². The second kappa shape index (κ2) is 6.42. The van der Waals surface area contributed by atoms with E-state index in [9.17, 15) is 9.59 Å². The van der Waals surface area contributed by atoms with Gasteiger partial charge in [-0.2, -0.15) is 0 Å². The molecule has 90 valence electrons. The summed E-state index contributed by atoms with van der Waals surface area (Å²) in [6, 6.07) is 3.33. The SMILES string of the molecule is C=C(C)C(=O)OCCNC(=O)c1cccnc1. The molecule has 0 saturated carbocycles. The van der Waals surface area contributed by atoms with Crippen LogP contribution in [0.4, 0.5) is 0 Å². The Kier molecular flexibility index (Phi) is 4.87. The molecule has 5 heteroatoms. The summed E-state index contributed by atoms with van der Waals surface area (Å²) in [5.41, 5.74) is 0.808. The Balaban J connectivity index is 2.26. The molecule has 0 atom stereocenters. The normalized spacial score (nSPS) is 9.47. The lowest BCUT2D eigenvalue weighted by molar-refractivity contribution is -0.138. The summed E-state index contributed by atoms with van der Waals surface area (Å²) in [5.74, 6) is -0.704. The molecule has 0 unspecified atom stereocenters. The Hall–Kier alpha value is -2.17. The van der Waals surface area contributed by atoms with Gasteiger partial charge in [-0.1, -0.05) is 6.58 Å². The van der Waals surface area contributed by atoms with Crippen LogP contribution in [-0.4, -0.2) is 30.0 Å². The summed E-state index contributed by atoms with van der Waals surface area (Å²) in [5, 5.41) is 2.61. The highest BCUT2D eigenvalue weighted by Crippen LogP contribution is 1.95. The third kappa shape index (κ3) is 4.46. The third-order valence-corrected chi connectivity index (χ3v) is 1.89. The van der Waals surface area contributed by atoms with Gasteiger partial charge in [0.25, 0.3) is 5.91 Å². The first-order chi connectivity index (χ1) is 8.11. The number of aromatic nitrogens is 1. The predicted octanol–water partition coefficient (Wildman–Crippen LogP) is 0.931. The lowest BCUT2D eigenvalue weighted by Gasteiger charge is -2.06. The van der Waals surface area contributed by atoms with Crippen LogP contribution in [-0.2, 0) is 9.53 Å². The molecule has 17 heavy (non-hydrogen) atoms. The summed E-state index contributed by atoms with van der Waals surface area (Å²) in [4.78, 5) is 26.4. The van der Waals surface area contributed by atoms with E-state index in [-0.39, 0.29) is 19.1 Å². The fourth-order valence-corrected chi connectivity index (χ4v) is 1.03. The lowest BCUT2D eigenvalue weighted by atomic mass is 10.3. The van der Waals surface area contributed by atoms with Gasteiger partial charge in [0.05, 0.1) is 12.1 Å². The van der Waals surface area contributed by atoms with Crippen molar-refractivity contribution < 1.29 is 14.3 Å². The van der Waals surface area contributed by atoms with E-state index in [1.165, 1.54) is 6.20 Å². The highest BCUT2D eigenvalue weighted by molar-refractivity contribution is 5.93. The Bertz CT molecular complexity index is 415. The number of nitrogens with zero attached hydrogens (tertiary/aromatic N) is 1. The molecular formula is C12H14N2O3.